The lowest BCUT2D eigenvalue weighted by Gasteiger charge is -2.18. The Morgan fingerprint density at radius 1 is 1.41 bits per heavy atom. The lowest BCUT2D eigenvalue weighted by molar-refractivity contribution is -0.126. The van der Waals surface area contributed by atoms with E-state index in [0.717, 1.165) is 0 Å². The number of hydrogen-bond acceptors (Lipinski definition) is 4. The molecular formula is C11H9ClN4O. The third-order valence-corrected chi connectivity index (χ3v) is 2.94. The van der Waals surface area contributed by atoms with Crippen LogP contribution in [0.2, 0.25) is 0 Å². The highest BCUT2D eigenvalue weighted by atomic mass is 35.5. The average molecular weight is 249 g/mol. The van der Waals surface area contributed by atoms with E-state index in [1.54, 1.807) is 12.1 Å². The molecule has 1 aliphatic rings. The van der Waals surface area contributed by atoms with E-state index in [4.69, 9.17) is 27.4 Å². The van der Waals surface area contributed by atoms with Crippen molar-refractivity contribution in [3.8, 4) is 18.2 Å². The van der Waals surface area contributed by atoms with Crippen LogP contribution in [0.3, 0.4) is 0 Å². The van der Waals surface area contributed by atoms with Crippen LogP contribution in [-0.2, 0) is 4.79 Å². The predicted molar refractivity (Wildman–Crippen MR) is 59.0 cm³/mol. The van der Waals surface area contributed by atoms with Crippen LogP contribution in [0.15, 0.2) is 11.3 Å². The van der Waals surface area contributed by atoms with Crippen LogP contribution in [0.5, 0.6) is 0 Å². The Bertz CT molecular complexity index is 461. The molecule has 0 aromatic carbocycles. The molecule has 1 aliphatic heterocycles. The first kappa shape index (κ1) is 13.0. The fourth-order valence-corrected chi connectivity index (χ4v) is 1.90. The van der Waals surface area contributed by atoms with E-state index < -0.39 is 0 Å². The summed E-state index contributed by atoms with van der Waals surface area (Å²) in [6.45, 7) is 0.367. The molecule has 1 saturated heterocycles. The average Bonchev–Trinajstić information content (AvgIpc) is 2.71. The summed E-state index contributed by atoms with van der Waals surface area (Å²) in [6, 6.07) is 5.28. The predicted octanol–water partition coefficient (Wildman–Crippen LogP) is 1.29. The number of amides is 1. The zero-order chi connectivity index (χ0) is 12.8. The summed E-state index contributed by atoms with van der Waals surface area (Å²) in [5, 5.41) is 26.3. The van der Waals surface area contributed by atoms with Gasteiger partial charge in [-0.05, 0) is 5.92 Å². The van der Waals surface area contributed by atoms with Crippen molar-refractivity contribution < 1.29 is 4.79 Å². The van der Waals surface area contributed by atoms with E-state index in [1.807, 2.05) is 6.07 Å². The van der Waals surface area contributed by atoms with Crippen molar-refractivity contribution >= 4 is 17.5 Å². The number of nitriles is 3. The van der Waals surface area contributed by atoms with E-state index in [-0.39, 0.29) is 29.5 Å². The molecule has 1 atom stereocenters. The monoisotopic (exact) mass is 248 g/mol. The van der Waals surface area contributed by atoms with E-state index in [2.05, 4.69) is 0 Å². The second-order valence-corrected chi connectivity index (χ2v) is 3.92. The smallest absolute Gasteiger partial charge is 0.227 e. The molecule has 1 rings (SSSR count). The van der Waals surface area contributed by atoms with Crippen LogP contribution in [0.25, 0.3) is 0 Å². The Morgan fingerprint density at radius 3 is 2.47 bits per heavy atom. The van der Waals surface area contributed by atoms with Crippen molar-refractivity contribution in [3.05, 3.63) is 11.3 Å². The fourth-order valence-electron chi connectivity index (χ4n) is 1.69. The molecule has 0 spiro atoms. The minimum absolute atomic E-state index is 0.0106. The first-order valence-electron chi connectivity index (χ1n) is 4.94. The van der Waals surface area contributed by atoms with Crippen molar-refractivity contribution in [1.82, 2.24) is 4.90 Å². The van der Waals surface area contributed by atoms with Crippen LogP contribution in [0.4, 0.5) is 0 Å². The highest BCUT2D eigenvalue weighted by Gasteiger charge is 2.32. The first-order chi connectivity index (χ1) is 8.17. The molecule has 0 saturated carbocycles. The molecule has 1 amide bonds. The number of rotatable bonds is 3. The summed E-state index contributed by atoms with van der Waals surface area (Å²) >= 11 is 5.68. The van der Waals surface area contributed by atoms with Crippen LogP contribution in [-0.4, -0.2) is 23.2 Å². The van der Waals surface area contributed by atoms with E-state index in [0.29, 0.717) is 18.8 Å². The lowest BCUT2D eigenvalue weighted by atomic mass is 10.1. The molecule has 0 N–H and O–H groups in total. The summed E-state index contributed by atoms with van der Waals surface area (Å²) in [7, 11) is 0. The van der Waals surface area contributed by atoms with Gasteiger partial charge in [-0.2, -0.15) is 15.8 Å². The molecule has 17 heavy (non-hydrogen) atoms. The molecule has 5 nitrogen and oxygen atoms in total. The van der Waals surface area contributed by atoms with Gasteiger partial charge in [0.25, 0.3) is 0 Å². The van der Waals surface area contributed by atoms with Crippen molar-refractivity contribution in [2.45, 2.75) is 12.8 Å². The summed E-state index contributed by atoms with van der Waals surface area (Å²) in [5.74, 6) is 0.164. The van der Waals surface area contributed by atoms with Gasteiger partial charge < -0.3 is 4.90 Å². The number of carbonyl (C=O) groups is 1. The van der Waals surface area contributed by atoms with Crippen LogP contribution < -0.4 is 0 Å². The Hall–Kier alpha value is -2.03. The Kier molecular flexibility index (Phi) is 4.52. The first-order valence-corrected chi connectivity index (χ1v) is 5.48. The van der Waals surface area contributed by atoms with Gasteiger partial charge in [-0.15, -0.1) is 11.6 Å². The molecule has 1 fully saturated rings. The summed E-state index contributed by atoms with van der Waals surface area (Å²) in [6.07, 6.45) is 0.166. The minimum atomic E-state index is -0.191. The van der Waals surface area contributed by atoms with Crippen LogP contribution in [0.1, 0.15) is 12.8 Å². The summed E-state index contributed by atoms with van der Waals surface area (Å²) in [5.41, 5.74) is 0.00485. The Labute approximate surface area is 104 Å². The molecule has 0 bridgehead atoms. The quantitative estimate of drug-likeness (QED) is 0.556. The van der Waals surface area contributed by atoms with Crippen molar-refractivity contribution in [1.29, 1.82) is 15.8 Å². The number of carbonyl (C=O) groups excluding carboxylic acids is 1. The second kappa shape index (κ2) is 5.89. The molecule has 0 aromatic heterocycles. The van der Waals surface area contributed by atoms with Gasteiger partial charge >= 0.3 is 0 Å². The molecule has 1 heterocycles. The van der Waals surface area contributed by atoms with Gasteiger partial charge in [0.1, 0.15) is 17.7 Å². The zero-order valence-corrected chi connectivity index (χ0v) is 9.74. The number of allylic oxidation sites excluding steroid dienone is 2. The highest BCUT2D eigenvalue weighted by molar-refractivity contribution is 6.18. The van der Waals surface area contributed by atoms with Gasteiger partial charge in [0, 0.05) is 18.8 Å². The third-order valence-electron chi connectivity index (χ3n) is 2.51. The minimum Gasteiger partial charge on any atom is -0.313 e. The number of likely N-dealkylation sites (tertiary alicyclic amines) is 1. The molecule has 1 unspecified atom stereocenters. The zero-order valence-electron chi connectivity index (χ0n) is 8.98. The summed E-state index contributed by atoms with van der Waals surface area (Å²) in [4.78, 5) is 13.0. The van der Waals surface area contributed by atoms with Gasteiger partial charge in [0.15, 0.2) is 0 Å². The van der Waals surface area contributed by atoms with Crippen LogP contribution >= 0.6 is 11.6 Å². The normalized spacial score (nSPS) is 18.1. The summed E-state index contributed by atoms with van der Waals surface area (Å²) < 4.78 is 0. The fraction of sp³-hybridized carbons (Fsp3) is 0.455. The highest BCUT2D eigenvalue weighted by Crippen LogP contribution is 2.26. The van der Waals surface area contributed by atoms with E-state index >= 15 is 0 Å². The lowest BCUT2D eigenvalue weighted by Crippen LogP contribution is -2.25. The van der Waals surface area contributed by atoms with Gasteiger partial charge in [0.2, 0.25) is 5.91 Å². The molecular weight excluding hydrogens is 240 g/mol. The SMILES string of the molecule is N#CCC(=C(C#N)C#N)N1CC(CCl)CC1=O. The maximum absolute atomic E-state index is 11.7. The van der Waals surface area contributed by atoms with Gasteiger partial charge in [0.05, 0.1) is 18.2 Å². The molecule has 0 radical (unpaired) electrons. The Balaban J connectivity index is 3.08. The molecule has 86 valence electrons. The standard InChI is InChI=1S/C11H9ClN4O/c12-4-8-3-11(17)16(7-8)10(1-2-13)9(5-14)6-15/h8H,1,3-4,7H2. The molecule has 6 heteroatoms. The maximum atomic E-state index is 11.7. The van der Waals surface area contributed by atoms with Gasteiger partial charge in [-0.25, -0.2) is 0 Å². The van der Waals surface area contributed by atoms with Gasteiger partial charge in [-0.3, -0.25) is 4.79 Å². The second-order valence-electron chi connectivity index (χ2n) is 3.61. The van der Waals surface area contributed by atoms with Crippen molar-refractivity contribution in [2.75, 3.05) is 12.4 Å². The molecule has 0 aromatic rings. The Morgan fingerprint density at radius 2 is 2.06 bits per heavy atom. The number of hydrogen-bond donors (Lipinski definition) is 0. The van der Waals surface area contributed by atoms with Crippen molar-refractivity contribution in [2.24, 2.45) is 5.92 Å². The third kappa shape index (κ3) is 2.75. The van der Waals surface area contributed by atoms with Crippen molar-refractivity contribution in [3.63, 3.8) is 0 Å². The largest absolute Gasteiger partial charge is 0.313 e. The van der Waals surface area contributed by atoms with E-state index in [9.17, 15) is 4.79 Å². The van der Waals surface area contributed by atoms with Crippen LogP contribution in [0, 0.1) is 39.9 Å². The number of alkyl halides is 1. The topological polar surface area (TPSA) is 91.7 Å². The van der Waals surface area contributed by atoms with Gasteiger partial charge in [-0.1, -0.05) is 0 Å². The maximum Gasteiger partial charge on any atom is 0.227 e. The molecule has 0 aliphatic carbocycles. The van der Waals surface area contributed by atoms with E-state index in [1.165, 1.54) is 4.90 Å². The number of nitrogens with zero attached hydrogens (tertiary/aromatic N) is 4. The number of halogens is 1.